The smallest absolute Gasteiger partial charge is 0.376 e. The number of hydrogen-bond donors (Lipinski definition) is 0. The molecule has 0 aromatic heterocycles. The highest BCUT2D eigenvalue weighted by molar-refractivity contribution is 5.70. The third kappa shape index (κ3) is 4.13. The summed E-state index contributed by atoms with van der Waals surface area (Å²) in [5.74, 6) is 0.346. The molecular weight excluding hydrogens is 289 g/mol. The van der Waals surface area contributed by atoms with Crippen LogP contribution >= 0.6 is 0 Å². The lowest BCUT2D eigenvalue weighted by Crippen LogP contribution is -2.05. The molecule has 0 bridgehead atoms. The summed E-state index contributed by atoms with van der Waals surface area (Å²) < 4.78 is 43.6. The number of halogens is 3. The number of hydrogen-bond acceptors (Lipinski definition) is 1. The first-order chi connectivity index (χ1) is 10.4. The molecule has 1 fully saturated rings. The first-order valence-corrected chi connectivity index (χ1v) is 7.90. The number of unbranched alkanes of at least 4 members (excludes halogenated alkanes) is 2. The van der Waals surface area contributed by atoms with Crippen molar-refractivity contribution in [2.45, 2.75) is 45.7 Å². The van der Waals surface area contributed by atoms with E-state index < -0.39 is 11.7 Å². The third-order valence-electron chi connectivity index (χ3n) is 4.20. The second-order valence-electron chi connectivity index (χ2n) is 5.95. The van der Waals surface area contributed by atoms with E-state index in [1.165, 1.54) is 23.3 Å². The lowest BCUT2D eigenvalue weighted by molar-refractivity contribution is -0.137. The van der Waals surface area contributed by atoms with Crippen molar-refractivity contribution in [3.05, 3.63) is 41.0 Å². The Kier molecular flexibility index (Phi) is 5.68. The summed E-state index contributed by atoms with van der Waals surface area (Å²) in [5.41, 5.74) is 2.73. The zero-order valence-electron chi connectivity index (χ0n) is 13.2. The van der Waals surface area contributed by atoms with E-state index in [9.17, 15) is 13.2 Å². The van der Waals surface area contributed by atoms with Gasteiger partial charge in [0.25, 0.3) is 0 Å². The highest BCUT2D eigenvalue weighted by Crippen LogP contribution is 2.34. The van der Waals surface area contributed by atoms with Gasteiger partial charge in [0.05, 0.1) is 18.8 Å². The molecule has 0 spiro atoms. The van der Waals surface area contributed by atoms with Gasteiger partial charge in [-0.1, -0.05) is 38.8 Å². The second kappa shape index (κ2) is 7.32. The zero-order valence-corrected chi connectivity index (χ0v) is 13.2. The molecule has 0 radical (unpaired) electrons. The summed E-state index contributed by atoms with van der Waals surface area (Å²) in [6, 6.07) is 5.55. The monoisotopic (exact) mass is 312 g/mol. The van der Waals surface area contributed by atoms with Gasteiger partial charge in [-0.2, -0.15) is 13.2 Å². The molecule has 1 aliphatic heterocycles. The van der Waals surface area contributed by atoms with Crippen LogP contribution in [0.4, 0.5) is 13.2 Å². The van der Waals surface area contributed by atoms with Gasteiger partial charge in [0.15, 0.2) is 0 Å². The minimum atomic E-state index is -4.28. The van der Waals surface area contributed by atoms with Crippen molar-refractivity contribution in [3.63, 3.8) is 0 Å². The molecule has 1 atom stereocenters. The quantitative estimate of drug-likeness (QED) is 0.633. The first-order valence-electron chi connectivity index (χ1n) is 7.90. The Morgan fingerprint density at radius 1 is 1.18 bits per heavy atom. The third-order valence-corrected chi connectivity index (χ3v) is 4.20. The van der Waals surface area contributed by atoms with E-state index in [-0.39, 0.29) is 0 Å². The second-order valence-corrected chi connectivity index (χ2v) is 5.95. The molecular formula is C18H23F3O. The first kappa shape index (κ1) is 17.1. The van der Waals surface area contributed by atoms with Gasteiger partial charge < -0.3 is 4.74 Å². The standard InChI is InChI=1S/C18H23F3O/c1-3-4-5-6-16(17-12-22-11-13(17)2)14-7-9-15(10-8-14)18(19,20)21/h7-10,13H,3-6,11-12H2,1-2H3/b17-16-. The molecule has 0 saturated carbocycles. The van der Waals surface area contributed by atoms with Crippen molar-refractivity contribution < 1.29 is 17.9 Å². The SMILES string of the molecule is CCCCC/C(=C1\COCC1C)c1ccc(C(F)(F)F)cc1. The van der Waals surface area contributed by atoms with Crippen molar-refractivity contribution in [2.75, 3.05) is 13.2 Å². The Balaban J connectivity index is 2.29. The molecule has 22 heavy (non-hydrogen) atoms. The lowest BCUT2D eigenvalue weighted by atomic mass is 9.90. The van der Waals surface area contributed by atoms with E-state index in [2.05, 4.69) is 13.8 Å². The zero-order chi connectivity index (χ0) is 16.2. The minimum Gasteiger partial charge on any atom is -0.376 e. The van der Waals surface area contributed by atoms with Crippen molar-refractivity contribution in [2.24, 2.45) is 5.92 Å². The molecule has 1 heterocycles. The van der Waals surface area contributed by atoms with E-state index >= 15 is 0 Å². The molecule has 0 amide bonds. The molecule has 1 nitrogen and oxygen atoms in total. The molecule has 1 aromatic rings. The van der Waals surface area contributed by atoms with Crippen LogP contribution < -0.4 is 0 Å². The topological polar surface area (TPSA) is 9.23 Å². The van der Waals surface area contributed by atoms with E-state index in [0.29, 0.717) is 19.1 Å². The van der Waals surface area contributed by atoms with Gasteiger partial charge in [-0.25, -0.2) is 0 Å². The number of rotatable bonds is 5. The average Bonchev–Trinajstić information content (AvgIpc) is 2.89. The maximum atomic E-state index is 12.7. The van der Waals surface area contributed by atoms with Crippen LogP contribution in [0.2, 0.25) is 0 Å². The molecule has 4 heteroatoms. The number of allylic oxidation sites excluding steroid dienone is 1. The largest absolute Gasteiger partial charge is 0.416 e. The summed E-state index contributed by atoms with van der Waals surface area (Å²) in [6.07, 6.45) is -0.0581. The van der Waals surface area contributed by atoms with Gasteiger partial charge in [-0.15, -0.1) is 0 Å². The van der Waals surface area contributed by atoms with Crippen molar-refractivity contribution in [1.82, 2.24) is 0 Å². The Morgan fingerprint density at radius 2 is 1.86 bits per heavy atom. The van der Waals surface area contributed by atoms with Gasteiger partial charge in [0.1, 0.15) is 0 Å². The molecule has 0 aliphatic carbocycles. The normalized spacial score (nSPS) is 21.2. The summed E-state index contributed by atoms with van der Waals surface area (Å²) in [6.45, 7) is 5.56. The predicted molar refractivity (Wildman–Crippen MR) is 82.5 cm³/mol. The minimum absolute atomic E-state index is 0.346. The highest BCUT2D eigenvalue weighted by atomic mass is 19.4. The fourth-order valence-corrected chi connectivity index (χ4v) is 2.88. The molecule has 1 aliphatic rings. The van der Waals surface area contributed by atoms with Gasteiger partial charge in [-0.3, -0.25) is 0 Å². The summed E-state index contributed by atoms with van der Waals surface area (Å²) in [7, 11) is 0. The van der Waals surface area contributed by atoms with Crippen LogP contribution in [0.5, 0.6) is 0 Å². The molecule has 1 unspecified atom stereocenters. The van der Waals surface area contributed by atoms with Crippen molar-refractivity contribution >= 4 is 5.57 Å². The summed E-state index contributed by atoms with van der Waals surface area (Å²) >= 11 is 0. The fourth-order valence-electron chi connectivity index (χ4n) is 2.88. The van der Waals surface area contributed by atoms with Crippen molar-refractivity contribution in [3.8, 4) is 0 Å². The molecule has 1 saturated heterocycles. The Labute approximate surface area is 130 Å². The van der Waals surface area contributed by atoms with Crippen molar-refractivity contribution in [1.29, 1.82) is 0 Å². The van der Waals surface area contributed by atoms with Gasteiger partial charge in [-0.05, 0) is 41.7 Å². The summed E-state index contributed by atoms with van der Waals surface area (Å²) in [4.78, 5) is 0. The van der Waals surface area contributed by atoms with Gasteiger partial charge in [0, 0.05) is 5.92 Å². The highest BCUT2D eigenvalue weighted by Gasteiger charge is 2.30. The lowest BCUT2D eigenvalue weighted by Gasteiger charge is -2.15. The Hall–Kier alpha value is -1.29. The number of benzene rings is 1. The van der Waals surface area contributed by atoms with E-state index in [4.69, 9.17) is 4.74 Å². The Morgan fingerprint density at radius 3 is 2.36 bits per heavy atom. The maximum absolute atomic E-state index is 12.7. The van der Waals surface area contributed by atoms with Crippen LogP contribution in [0.3, 0.4) is 0 Å². The molecule has 2 rings (SSSR count). The van der Waals surface area contributed by atoms with E-state index in [1.54, 1.807) is 12.1 Å². The molecule has 122 valence electrons. The molecule has 1 aromatic carbocycles. The van der Waals surface area contributed by atoms with Gasteiger partial charge >= 0.3 is 6.18 Å². The number of ether oxygens (including phenoxy) is 1. The van der Waals surface area contributed by atoms with Gasteiger partial charge in [0.2, 0.25) is 0 Å². The van der Waals surface area contributed by atoms with Crippen LogP contribution in [0.25, 0.3) is 5.57 Å². The van der Waals surface area contributed by atoms with Crippen LogP contribution in [0.1, 0.15) is 50.7 Å². The number of alkyl halides is 3. The van der Waals surface area contributed by atoms with Crippen LogP contribution in [-0.2, 0) is 10.9 Å². The predicted octanol–water partition coefficient (Wildman–Crippen LogP) is 5.71. The van der Waals surface area contributed by atoms with E-state index in [0.717, 1.165) is 31.2 Å². The van der Waals surface area contributed by atoms with Crippen LogP contribution in [0, 0.1) is 5.92 Å². The van der Waals surface area contributed by atoms with Crippen LogP contribution in [-0.4, -0.2) is 13.2 Å². The fraction of sp³-hybridized carbons (Fsp3) is 0.556. The van der Waals surface area contributed by atoms with E-state index in [1.807, 2.05) is 0 Å². The van der Waals surface area contributed by atoms with Crippen LogP contribution in [0.15, 0.2) is 29.8 Å². The molecule has 0 N–H and O–H groups in total. The Bertz CT molecular complexity index is 514. The summed E-state index contributed by atoms with van der Waals surface area (Å²) in [5, 5.41) is 0. The average molecular weight is 312 g/mol. The maximum Gasteiger partial charge on any atom is 0.416 e.